The summed E-state index contributed by atoms with van der Waals surface area (Å²) in [7, 11) is -9.22. The monoisotopic (exact) mass is 624 g/mol. The van der Waals surface area contributed by atoms with Crippen molar-refractivity contribution in [3.63, 3.8) is 0 Å². The summed E-state index contributed by atoms with van der Waals surface area (Å²) in [6, 6.07) is 25.1. The molecule has 0 radical (unpaired) electrons. The molecule has 0 fully saturated rings. The van der Waals surface area contributed by atoms with Crippen LogP contribution in [-0.2, 0) is 19.6 Å². The van der Waals surface area contributed by atoms with Crippen molar-refractivity contribution in [3.05, 3.63) is 89.5 Å². The molecule has 0 saturated carbocycles. The van der Waals surface area contributed by atoms with Crippen LogP contribution < -0.4 is 13.6 Å². The molecule has 0 unspecified atom stereocenters. The summed E-state index contributed by atoms with van der Waals surface area (Å²) < 4.78 is 45.4. The van der Waals surface area contributed by atoms with Gasteiger partial charge in [-0.3, -0.25) is 0 Å². The molecule has 0 atom stereocenters. The molecule has 7 rings (SSSR count). The molecule has 0 N–H and O–H groups in total. The van der Waals surface area contributed by atoms with E-state index >= 15 is 0 Å². The van der Waals surface area contributed by atoms with Gasteiger partial charge < -0.3 is 13.6 Å². The number of benzene rings is 3. The Hall–Kier alpha value is -2.37. The van der Waals surface area contributed by atoms with Crippen molar-refractivity contribution in [1.82, 2.24) is 14.0 Å². The van der Waals surface area contributed by atoms with Gasteiger partial charge in [-0.15, -0.1) is 13.5 Å². The second-order valence-corrected chi connectivity index (χ2v) is 19.3. The van der Waals surface area contributed by atoms with Crippen molar-refractivity contribution in [2.24, 2.45) is 13.5 Å². The number of para-hydroxylation sites is 3. The molecule has 12 heteroatoms. The zero-order valence-corrected chi connectivity index (χ0v) is 27.7. The molecule has 0 saturated heterocycles. The van der Waals surface area contributed by atoms with Gasteiger partial charge in [-0.05, 0) is 59.7 Å². The van der Waals surface area contributed by atoms with Gasteiger partial charge in [0.2, 0.25) is 0 Å². The van der Waals surface area contributed by atoms with Gasteiger partial charge in [0.15, 0.2) is 0 Å². The van der Waals surface area contributed by atoms with E-state index in [4.69, 9.17) is 27.1 Å². The van der Waals surface area contributed by atoms with Crippen LogP contribution in [0, 0.1) is 0 Å². The smallest absolute Gasteiger partial charge is 0.337 e. The molecule has 3 aromatic carbocycles. The Morgan fingerprint density at radius 1 is 0.476 bits per heavy atom. The van der Waals surface area contributed by atoms with Crippen LogP contribution in [0.25, 0.3) is 0 Å². The molecule has 0 aromatic heterocycles. The largest absolute Gasteiger partial charge is 0.430 e. The minimum Gasteiger partial charge on any atom is -0.430 e. The van der Waals surface area contributed by atoms with Crippen molar-refractivity contribution in [1.29, 1.82) is 0 Å². The van der Waals surface area contributed by atoms with Gasteiger partial charge in [0.25, 0.3) is 0 Å². The Morgan fingerprint density at radius 3 is 1.00 bits per heavy atom. The van der Waals surface area contributed by atoms with Crippen molar-refractivity contribution < 1.29 is 13.6 Å². The van der Waals surface area contributed by atoms with Crippen LogP contribution in [0.5, 0.6) is 17.2 Å². The first-order valence-corrected chi connectivity index (χ1v) is 19.4. The summed E-state index contributed by atoms with van der Waals surface area (Å²) in [6.45, 7) is 15.2. The van der Waals surface area contributed by atoms with E-state index in [0.717, 1.165) is 33.9 Å². The molecular weight excluding hydrogens is 585 g/mol. The maximum Gasteiger partial charge on any atom is 0.337 e. The maximum absolute atomic E-state index is 7.11. The second-order valence-electron chi connectivity index (χ2n) is 12.0. The minimum atomic E-state index is -3.07. The van der Waals surface area contributed by atoms with E-state index in [-0.39, 0.29) is 18.1 Å². The van der Waals surface area contributed by atoms with Crippen LogP contribution in [-0.4, -0.2) is 32.1 Å². The molecular formula is C30H39N6O3P3. The first kappa shape index (κ1) is 28.4. The Kier molecular flexibility index (Phi) is 7.01. The molecule has 3 aromatic rings. The zero-order chi connectivity index (χ0) is 29.3. The first-order valence-electron chi connectivity index (χ1n) is 14.7. The van der Waals surface area contributed by atoms with Crippen LogP contribution in [0.4, 0.5) is 0 Å². The standard InChI is InChI=1S/C30H39N6O3P3/c1-22(2)34-19-25-13-7-10-16-28(25)37-40(34)31-41(35(23(3)4)20-26-14-8-11-17-29(26)38-41)33-42(32-40)36(24(5)6)21-27-15-9-12-18-30(27)39-42/h7-18,22-24H,19-21H2,1-6H3. The topological polar surface area (TPSA) is 74.5 Å². The molecule has 0 bridgehead atoms. The molecule has 4 aliphatic rings. The van der Waals surface area contributed by atoms with E-state index in [9.17, 15) is 0 Å². The van der Waals surface area contributed by atoms with E-state index in [1.54, 1.807) is 0 Å². The summed E-state index contributed by atoms with van der Waals surface area (Å²) in [5.74, 6) is 2.49. The van der Waals surface area contributed by atoms with E-state index in [0.29, 0.717) is 19.6 Å². The number of fused-ring (bicyclic) bond motifs is 3. The highest BCUT2D eigenvalue weighted by Crippen LogP contribution is 2.83. The summed E-state index contributed by atoms with van der Waals surface area (Å²) in [5, 5.41) is 0. The van der Waals surface area contributed by atoms with Gasteiger partial charge >= 0.3 is 22.7 Å². The van der Waals surface area contributed by atoms with Crippen LogP contribution in [0.15, 0.2) is 86.3 Å². The van der Waals surface area contributed by atoms with Crippen LogP contribution in [0.3, 0.4) is 0 Å². The number of nitrogens with zero attached hydrogens (tertiary/aromatic N) is 6. The lowest BCUT2D eigenvalue weighted by atomic mass is 10.2. The zero-order valence-electron chi connectivity index (χ0n) is 25.0. The highest BCUT2D eigenvalue weighted by molar-refractivity contribution is 7.81. The van der Waals surface area contributed by atoms with Crippen molar-refractivity contribution >= 4 is 22.7 Å². The summed E-state index contributed by atoms with van der Waals surface area (Å²) in [6.07, 6.45) is 0. The molecule has 222 valence electrons. The number of hydrogen-bond acceptors (Lipinski definition) is 9. The number of hydrogen-bond donors (Lipinski definition) is 0. The van der Waals surface area contributed by atoms with Crippen LogP contribution in [0.1, 0.15) is 58.2 Å². The van der Waals surface area contributed by atoms with Gasteiger partial charge in [0.05, 0.1) is 0 Å². The highest BCUT2D eigenvalue weighted by atomic mass is 31.3. The molecule has 9 nitrogen and oxygen atoms in total. The minimum absolute atomic E-state index is 0.117. The van der Waals surface area contributed by atoms with Crippen molar-refractivity contribution in [3.8, 4) is 17.2 Å². The van der Waals surface area contributed by atoms with Gasteiger partial charge in [-0.1, -0.05) is 54.6 Å². The Balaban J connectivity index is 1.58. The van der Waals surface area contributed by atoms with E-state index in [2.05, 4.69) is 92.0 Å². The summed E-state index contributed by atoms with van der Waals surface area (Å²) in [4.78, 5) is 0. The lowest BCUT2D eigenvalue weighted by Crippen LogP contribution is -2.38. The van der Waals surface area contributed by atoms with E-state index in [1.807, 2.05) is 36.4 Å². The average molecular weight is 625 g/mol. The van der Waals surface area contributed by atoms with Crippen molar-refractivity contribution in [2.75, 3.05) is 0 Å². The van der Waals surface area contributed by atoms with Gasteiger partial charge in [0, 0.05) is 54.5 Å². The van der Waals surface area contributed by atoms with Gasteiger partial charge in [0.1, 0.15) is 17.2 Å². The summed E-state index contributed by atoms with van der Waals surface area (Å²) in [5.41, 5.74) is 3.40. The SMILES string of the molecule is CC(C)N1Cc2ccccc2OP12=NP1(=NP3(=N2)Oc2ccccc2CN3C(C)C)Oc2ccccc2CN1C(C)C. The third-order valence-electron chi connectivity index (χ3n) is 8.07. The number of rotatable bonds is 3. The fourth-order valence-corrected chi connectivity index (χ4v) is 18.7. The molecule has 4 aliphatic heterocycles. The molecule has 0 aliphatic carbocycles. The van der Waals surface area contributed by atoms with Crippen molar-refractivity contribution in [2.45, 2.75) is 79.3 Å². The maximum atomic E-state index is 7.11. The fraction of sp³-hybridized carbons (Fsp3) is 0.400. The molecule has 3 spiro atoms. The molecule has 4 heterocycles. The third-order valence-corrected chi connectivity index (χ3v) is 18.8. The fourth-order valence-electron chi connectivity index (χ4n) is 5.90. The van der Waals surface area contributed by atoms with Gasteiger partial charge in [-0.25, -0.2) is 14.0 Å². The first-order chi connectivity index (χ1) is 20.1. The Morgan fingerprint density at radius 2 is 0.738 bits per heavy atom. The average Bonchev–Trinajstić information content (AvgIpc) is 2.95. The normalized spacial score (nSPS) is 28.8. The lowest BCUT2D eigenvalue weighted by Gasteiger charge is -2.49. The molecule has 0 amide bonds. The van der Waals surface area contributed by atoms with Crippen LogP contribution >= 0.6 is 22.7 Å². The van der Waals surface area contributed by atoms with E-state index < -0.39 is 22.7 Å². The highest BCUT2D eigenvalue weighted by Gasteiger charge is 2.54. The quantitative estimate of drug-likeness (QED) is 0.270. The molecule has 42 heavy (non-hydrogen) atoms. The van der Waals surface area contributed by atoms with E-state index in [1.165, 1.54) is 0 Å². The third kappa shape index (κ3) is 4.53. The second kappa shape index (κ2) is 10.4. The Labute approximate surface area is 249 Å². The predicted molar refractivity (Wildman–Crippen MR) is 171 cm³/mol. The predicted octanol–water partition coefficient (Wildman–Crippen LogP) is 9.75. The summed E-state index contributed by atoms with van der Waals surface area (Å²) >= 11 is 0. The van der Waals surface area contributed by atoms with Crippen LogP contribution in [0.2, 0.25) is 0 Å². The van der Waals surface area contributed by atoms with Gasteiger partial charge in [-0.2, -0.15) is 0 Å². The Bertz CT molecular complexity index is 1510. The lowest BCUT2D eigenvalue weighted by molar-refractivity contribution is 0.297.